The van der Waals surface area contributed by atoms with Crippen LogP contribution < -0.4 is 4.74 Å². The molecule has 182 valence electrons. The third kappa shape index (κ3) is 5.11. The Morgan fingerprint density at radius 3 is 2.49 bits per heavy atom. The number of fused-ring (bicyclic) bond motifs is 1. The summed E-state index contributed by atoms with van der Waals surface area (Å²) in [7, 11) is -3.91. The van der Waals surface area contributed by atoms with Gasteiger partial charge in [0.25, 0.3) is 0 Å². The van der Waals surface area contributed by atoms with E-state index in [1.165, 1.54) is 0 Å². The monoisotopic (exact) mass is 493 g/mol. The largest absolute Gasteiger partial charge is 0.494 e. The second-order valence-electron chi connectivity index (χ2n) is 8.43. The van der Waals surface area contributed by atoms with Crippen LogP contribution in [-0.4, -0.2) is 57.6 Å². The molecular formula is C27H27NO6S. The smallest absolute Gasteiger partial charge is 0.240 e. The zero-order chi connectivity index (χ0) is 24.3. The lowest BCUT2D eigenvalue weighted by Crippen LogP contribution is -2.42. The predicted molar refractivity (Wildman–Crippen MR) is 132 cm³/mol. The normalized spacial score (nSPS) is 17.0. The number of aliphatic hydroxyl groups is 1. The molecule has 1 unspecified atom stereocenters. The van der Waals surface area contributed by atoms with Gasteiger partial charge in [0.15, 0.2) is 6.29 Å². The van der Waals surface area contributed by atoms with Crippen molar-refractivity contribution in [3.05, 3.63) is 78.9 Å². The first kappa shape index (κ1) is 23.6. The van der Waals surface area contributed by atoms with E-state index in [1.807, 2.05) is 48.5 Å². The molecule has 7 nitrogen and oxygen atoms in total. The highest BCUT2D eigenvalue weighted by Gasteiger charge is 2.29. The van der Waals surface area contributed by atoms with Crippen LogP contribution >= 0.6 is 0 Å². The molecule has 1 aromatic heterocycles. The van der Waals surface area contributed by atoms with Gasteiger partial charge in [-0.15, -0.1) is 0 Å². The minimum Gasteiger partial charge on any atom is -0.494 e. The molecular weight excluding hydrogens is 466 g/mol. The van der Waals surface area contributed by atoms with Gasteiger partial charge in [-0.3, -0.25) is 4.90 Å². The number of morpholine rings is 1. The summed E-state index contributed by atoms with van der Waals surface area (Å²) in [6.45, 7) is 3.09. The molecule has 2 heterocycles. The molecule has 3 aromatic carbocycles. The van der Waals surface area contributed by atoms with Gasteiger partial charge < -0.3 is 19.0 Å². The van der Waals surface area contributed by atoms with Crippen LogP contribution in [0.2, 0.25) is 0 Å². The maximum Gasteiger partial charge on any atom is 0.240 e. The van der Waals surface area contributed by atoms with Crippen LogP contribution in [0.4, 0.5) is 0 Å². The number of aliphatic hydroxyl groups excluding tert-OH is 1. The van der Waals surface area contributed by atoms with Crippen molar-refractivity contribution in [1.82, 2.24) is 4.90 Å². The molecule has 0 amide bonds. The third-order valence-corrected chi connectivity index (χ3v) is 7.69. The van der Waals surface area contributed by atoms with E-state index in [9.17, 15) is 13.5 Å². The minimum absolute atomic E-state index is 0.0636. The first-order chi connectivity index (χ1) is 17.0. The highest BCUT2D eigenvalue weighted by molar-refractivity contribution is 7.91. The summed E-state index contributed by atoms with van der Waals surface area (Å²) < 4.78 is 44.0. The molecule has 1 N–H and O–H groups in total. The summed E-state index contributed by atoms with van der Waals surface area (Å²) in [6.07, 6.45) is 0.0555. The quantitative estimate of drug-likeness (QED) is 0.365. The average Bonchev–Trinajstić information content (AvgIpc) is 3.28. The van der Waals surface area contributed by atoms with Crippen molar-refractivity contribution < 1.29 is 27.4 Å². The molecule has 0 spiro atoms. The fourth-order valence-corrected chi connectivity index (χ4v) is 5.68. The second-order valence-corrected chi connectivity index (χ2v) is 10.3. The first-order valence-corrected chi connectivity index (χ1v) is 13.1. The summed E-state index contributed by atoms with van der Waals surface area (Å²) in [4.78, 5) is 2.27. The summed E-state index contributed by atoms with van der Waals surface area (Å²) in [5, 5.41) is 10.3. The van der Waals surface area contributed by atoms with E-state index >= 15 is 0 Å². The van der Waals surface area contributed by atoms with Crippen molar-refractivity contribution >= 4 is 20.8 Å². The summed E-state index contributed by atoms with van der Waals surface area (Å²) in [5.41, 5.74) is 1.87. The molecule has 1 fully saturated rings. The lowest BCUT2D eigenvalue weighted by molar-refractivity contribution is -0.146. The van der Waals surface area contributed by atoms with E-state index in [0.717, 1.165) is 30.5 Å². The summed E-state index contributed by atoms with van der Waals surface area (Å²) >= 11 is 0. The fourth-order valence-electron chi connectivity index (χ4n) is 4.28. The zero-order valence-electron chi connectivity index (χ0n) is 19.2. The van der Waals surface area contributed by atoms with E-state index in [2.05, 4.69) is 4.90 Å². The van der Waals surface area contributed by atoms with Crippen LogP contribution in [0.15, 0.2) is 93.3 Å². The number of benzene rings is 3. The summed E-state index contributed by atoms with van der Waals surface area (Å²) in [6, 6.07) is 23.2. The van der Waals surface area contributed by atoms with E-state index in [0.29, 0.717) is 36.7 Å². The number of sulfone groups is 1. The molecule has 1 aliphatic rings. The van der Waals surface area contributed by atoms with Crippen LogP contribution in [0.1, 0.15) is 6.42 Å². The topological polar surface area (TPSA) is 89.2 Å². The number of furan rings is 1. The van der Waals surface area contributed by atoms with Gasteiger partial charge in [0.1, 0.15) is 11.3 Å². The van der Waals surface area contributed by atoms with Gasteiger partial charge in [0.2, 0.25) is 14.9 Å². The first-order valence-electron chi connectivity index (χ1n) is 11.6. The second kappa shape index (κ2) is 10.2. The predicted octanol–water partition coefficient (Wildman–Crippen LogP) is 4.35. The Hall–Kier alpha value is -3.17. The maximum absolute atomic E-state index is 13.6. The van der Waals surface area contributed by atoms with E-state index < -0.39 is 16.1 Å². The van der Waals surface area contributed by atoms with Gasteiger partial charge in [-0.1, -0.05) is 48.5 Å². The Morgan fingerprint density at radius 2 is 1.71 bits per heavy atom. The van der Waals surface area contributed by atoms with Gasteiger partial charge >= 0.3 is 0 Å². The molecule has 0 radical (unpaired) electrons. The molecule has 8 heteroatoms. The van der Waals surface area contributed by atoms with Gasteiger partial charge in [0, 0.05) is 30.6 Å². The maximum atomic E-state index is 13.6. The number of hydrogen-bond donors (Lipinski definition) is 1. The number of β-amino-alcohol motifs (C(OH)–C–C–N with tert-alkyl or cyclic N) is 1. The number of rotatable bonds is 8. The van der Waals surface area contributed by atoms with Crippen molar-refractivity contribution in [3.63, 3.8) is 0 Å². The third-order valence-electron chi connectivity index (χ3n) is 6.02. The molecule has 1 saturated heterocycles. The molecule has 0 saturated carbocycles. The highest BCUT2D eigenvalue weighted by Crippen LogP contribution is 2.39. The van der Waals surface area contributed by atoms with Crippen LogP contribution in [0, 0.1) is 0 Å². The number of ether oxygens (including phenoxy) is 2. The number of hydrogen-bond acceptors (Lipinski definition) is 7. The Labute approximate surface area is 204 Å². The van der Waals surface area contributed by atoms with Crippen molar-refractivity contribution in [2.45, 2.75) is 22.7 Å². The van der Waals surface area contributed by atoms with Gasteiger partial charge in [-0.05, 0) is 42.3 Å². The molecule has 1 atom stereocenters. The Morgan fingerprint density at radius 1 is 0.971 bits per heavy atom. The Balaban J connectivity index is 1.32. The van der Waals surface area contributed by atoms with Gasteiger partial charge in [0.05, 0.1) is 18.1 Å². The molecule has 0 aliphatic carbocycles. The lowest BCUT2D eigenvalue weighted by Gasteiger charge is -2.29. The molecule has 4 aromatic rings. The number of nitrogens with zero attached hydrogens (tertiary/aromatic N) is 1. The van der Waals surface area contributed by atoms with Crippen molar-refractivity contribution in [3.8, 4) is 16.9 Å². The lowest BCUT2D eigenvalue weighted by atomic mass is 10.1. The summed E-state index contributed by atoms with van der Waals surface area (Å²) in [5.74, 6) is 0.596. The minimum atomic E-state index is -3.91. The van der Waals surface area contributed by atoms with Crippen LogP contribution in [-0.2, 0) is 14.6 Å². The molecule has 35 heavy (non-hydrogen) atoms. The Kier molecular flexibility index (Phi) is 6.88. The molecule has 0 bridgehead atoms. The van der Waals surface area contributed by atoms with Crippen molar-refractivity contribution in [1.29, 1.82) is 0 Å². The average molecular weight is 494 g/mol. The Bertz CT molecular complexity index is 1380. The van der Waals surface area contributed by atoms with E-state index in [1.54, 1.807) is 30.3 Å². The van der Waals surface area contributed by atoms with E-state index in [-0.39, 0.29) is 9.99 Å². The van der Waals surface area contributed by atoms with Crippen molar-refractivity contribution in [2.24, 2.45) is 0 Å². The van der Waals surface area contributed by atoms with E-state index in [4.69, 9.17) is 13.9 Å². The van der Waals surface area contributed by atoms with Crippen LogP contribution in [0.3, 0.4) is 0 Å². The fraction of sp³-hybridized carbons (Fsp3) is 0.259. The van der Waals surface area contributed by atoms with Crippen molar-refractivity contribution in [2.75, 3.05) is 32.8 Å². The number of para-hydroxylation sites is 1. The SMILES string of the molecule is O=S(=O)(c1ccc(OCCCN2CCOC(O)C2)cc1)c1oc2ccccc2c1-c1ccccc1. The molecule has 5 rings (SSSR count). The standard InChI is InChI=1S/C27H27NO6S/c29-25-19-28(16-18-33-25)15-6-17-32-21-11-13-22(14-12-21)35(30,31)27-26(20-7-2-1-3-8-20)23-9-4-5-10-24(23)34-27/h1-5,7-14,25,29H,6,15-19H2. The highest BCUT2D eigenvalue weighted by atomic mass is 32.2. The zero-order valence-corrected chi connectivity index (χ0v) is 20.0. The van der Waals surface area contributed by atoms with Crippen LogP contribution in [0.5, 0.6) is 5.75 Å². The molecule has 1 aliphatic heterocycles. The van der Waals surface area contributed by atoms with Gasteiger partial charge in [-0.25, -0.2) is 8.42 Å². The van der Waals surface area contributed by atoms with Crippen LogP contribution in [0.25, 0.3) is 22.1 Å². The van der Waals surface area contributed by atoms with Gasteiger partial charge in [-0.2, -0.15) is 0 Å².